The standard InChI is InChI=1S/C15H27NO/c1-2-6-14(5-1)17-16-13-7-11-15(12-8-13)9-3-4-10-15/h13-14,16H,1-12H2. The number of rotatable bonds is 3. The SMILES string of the molecule is C1CCC(ONC2CCC3(CCCC3)CC2)C1. The van der Waals surface area contributed by atoms with Gasteiger partial charge in [0.05, 0.1) is 6.10 Å². The molecule has 3 saturated carbocycles. The van der Waals surface area contributed by atoms with E-state index >= 15 is 0 Å². The van der Waals surface area contributed by atoms with Crippen LogP contribution in [0.1, 0.15) is 77.0 Å². The van der Waals surface area contributed by atoms with Crippen molar-refractivity contribution in [3.63, 3.8) is 0 Å². The summed E-state index contributed by atoms with van der Waals surface area (Å²) in [7, 11) is 0. The van der Waals surface area contributed by atoms with Crippen molar-refractivity contribution >= 4 is 0 Å². The Balaban J connectivity index is 1.39. The van der Waals surface area contributed by atoms with E-state index in [1.165, 1.54) is 77.0 Å². The molecule has 0 radical (unpaired) electrons. The van der Waals surface area contributed by atoms with E-state index < -0.39 is 0 Å². The first kappa shape index (κ1) is 12.0. The zero-order valence-electron chi connectivity index (χ0n) is 11.0. The van der Waals surface area contributed by atoms with Crippen molar-refractivity contribution in [2.45, 2.75) is 89.2 Å². The summed E-state index contributed by atoms with van der Waals surface area (Å²) in [6, 6.07) is 0.641. The molecule has 0 aromatic carbocycles. The maximum atomic E-state index is 5.84. The van der Waals surface area contributed by atoms with E-state index in [1.54, 1.807) is 0 Å². The average Bonchev–Trinajstić information content (AvgIpc) is 3.01. The van der Waals surface area contributed by atoms with Crippen molar-refractivity contribution in [3.8, 4) is 0 Å². The van der Waals surface area contributed by atoms with Crippen LogP contribution in [0, 0.1) is 5.41 Å². The van der Waals surface area contributed by atoms with Crippen LogP contribution in [0.15, 0.2) is 0 Å². The smallest absolute Gasteiger partial charge is 0.0790 e. The highest BCUT2D eigenvalue weighted by atomic mass is 16.7. The van der Waals surface area contributed by atoms with Gasteiger partial charge in [-0.3, -0.25) is 4.84 Å². The van der Waals surface area contributed by atoms with E-state index in [1.807, 2.05) is 0 Å². The van der Waals surface area contributed by atoms with Gasteiger partial charge in [0.25, 0.3) is 0 Å². The number of nitrogens with one attached hydrogen (secondary N) is 1. The Labute approximate surface area is 105 Å². The van der Waals surface area contributed by atoms with Gasteiger partial charge >= 0.3 is 0 Å². The molecule has 0 heterocycles. The Kier molecular flexibility index (Phi) is 3.72. The first-order valence-electron chi connectivity index (χ1n) is 7.78. The molecule has 3 aliphatic rings. The molecule has 0 bridgehead atoms. The van der Waals surface area contributed by atoms with Crippen molar-refractivity contribution in [1.82, 2.24) is 5.48 Å². The van der Waals surface area contributed by atoms with Gasteiger partial charge in [0.2, 0.25) is 0 Å². The van der Waals surface area contributed by atoms with Crippen molar-refractivity contribution in [3.05, 3.63) is 0 Å². The summed E-state index contributed by atoms with van der Waals surface area (Å²) >= 11 is 0. The van der Waals surface area contributed by atoms with Crippen LogP contribution in [0.25, 0.3) is 0 Å². The first-order chi connectivity index (χ1) is 8.36. The van der Waals surface area contributed by atoms with Gasteiger partial charge in [-0.25, -0.2) is 0 Å². The molecule has 98 valence electrons. The molecule has 0 aromatic heterocycles. The Morgan fingerprint density at radius 3 is 2.06 bits per heavy atom. The topological polar surface area (TPSA) is 21.3 Å². The quantitative estimate of drug-likeness (QED) is 0.750. The van der Waals surface area contributed by atoms with Crippen LogP contribution in [-0.4, -0.2) is 12.1 Å². The molecule has 2 nitrogen and oxygen atoms in total. The second-order valence-corrected chi connectivity index (χ2v) is 6.62. The van der Waals surface area contributed by atoms with Gasteiger partial charge in [-0.1, -0.05) is 25.7 Å². The van der Waals surface area contributed by atoms with Gasteiger partial charge in [-0.05, 0) is 56.8 Å². The number of hydrogen-bond acceptors (Lipinski definition) is 2. The molecule has 0 amide bonds. The summed E-state index contributed by atoms with van der Waals surface area (Å²) in [5.74, 6) is 0. The van der Waals surface area contributed by atoms with E-state index in [0.717, 1.165) is 5.41 Å². The van der Waals surface area contributed by atoms with Crippen LogP contribution in [0.5, 0.6) is 0 Å². The second kappa shape index (κ2) is 5.27. The molecule has 3 fully saturated rings. The zero-order valence-corrected chi connectivity index (χ0v) is 11.0. The number of hydroxylamine groups is 1. The molecular formula is C15H27NO. The molecule has 1 spiro atoms. The Morgan fingerprint density at radius 2 is 1.41 bits per heavy atom. The van der Waals surface area contributed by atoms with E-state index in [9.17, 15) is 0 Å². The molecule has 0 aromatic rings. The highest BCUT2D eigenvalue weighted by Gasteiger charge is 2.37. The average molecular weight is 237 g/mol. The fourth-order valence-electron chi connectivity index (χ4n) is 4.17. The lowest BCUT2D eigenvalue weighted by atomic mass is 9.71. The summed E-state index contributed by atoms with van der Waals surface area (Å²) in [4.78, 5) is 5.84. The summed E-state index contributed by atoms with van der Waals surface area (Å²) in [5.41, 5.74) is 4.13. The van der Waals surface area contributed by atoms with Gasteiger partial charge in [0.1, 0.15) is 0 Å². The van der Waals surface area contributed by atoms with Gasteiger partial charge in [0.15, 0.2) is 0 Å². The summed E-state index contributed by atoms with van der Waals surface area (Å²) in [6.45, 7) is 0. The van der Waals surface area contributed by atoms with Crippen molar-refractivity contribution in [2.75, 3.05) is 0 Å². The highest BCUT2D eigenvalue weighted by Crippen LogP contribution is 2.48. The monoisotopic (exact) mass is 237 g/mol. The highest BCUT2D eigenvalue weighted by molar-refractivity contribution is 4.90. The molecule has 0 unspecified atom stereocenters. The third kappa shape index (κ3) is 2.85. The molecular weight excluding hydrogens is 210 g/mol. The van der Waals surface area contributed by atoms with Crippen LogP contribution in [0.2, 0.25) is 0 Å². The maximum absolute atomic E-state index is 5.84. The summed E-state index contributed by atoms with van der Waals surface area (Å²) < 4.78 is 0. The van der Waals surface area contributed by atoms with Crippen LogP contribution in [0.3, 0.4) is 0 Å². The molecule has 0 atom stereocenters. The molecule has 0 aliphatic heterocycles. The Hall–Kier alpha value is -0.0800. The zero-order chi connectivity index (χ0) is 11.6. The van der Waals surface area contributed by atoms with E-state index in [-0.39, 0.29) is 0 Å². The first-order valence-corrected chi connectivity index (χ1v) is 7.78. The summed E-state index contributed by atoms with van der Waals surface area (Å²) in [5, 5.41) is 0. The predicted octanol–water partition coefficient (Wildman–Crippen LogP) is 3.95. The fourth-order valence-corrected chi connectivity index (χ4v) is 4.17. The van der Waals surface area contributed by atoms with Crippen LogP contribution >= 0.6 is 0 Å². The molecule has 1 N–H and O–H groups in total. The van der Waals surface area contributed by atoms with Gasteiger partial charge in [0, 0.05) is 6.04 Å². The maximum Gasteiger partial charge on any atom is 0.0790 e. The predicted molar refractivity (Wildman–Crippen MR) is 69.6 cm³/mol. The van der Waals surface area contributed by atoms with Crippen LogP contribution in [-0.2, 0) is 4.84 Å². The van der Waals surface area contributed by atoms with Gasteiger partial charge in [-0.2, -0.15) is 5.48 Å². The minimum Gasteiger partial charge on any atom is -0.298 e. The van der Waals surface area contributed by atoms with Gasteiger partial charge < -0.3 is 0 Å². The lowest BCUT2D eigenvalue weighted by Crippen LogP contribution is -2.38. The lowest BCUT2D eigenvalue weighted by molar-refractivity contribution is -0.0529. The molecule has 0 saturated heterocycles. The third-order valence-electron chi connectivity index (χ3n) is 5.41. The third-order valence-corrected chi connectivity index (χ3v) is 5.41. The molecule has 2 heteroatoms. The number of hydrogen-bond donors (Lipinski definition) is 1. The molecule has 3 aliphatic carbocycles. The van der Waals surface area contributed by atoms with Crippen molar-refractivity contribution in [2.24, 2.45) is 5.41 Å². The Bertz CT molecular complexity index is 229. The van der Waals surface area contributed by atoms with E-state index in [0.29, 0.717) is 12.1 Å². The molecule has 17 heavy (non-hydrogen) atoms. The van der Waals surface area contributed by atoms with Gasteiger partial charge in [-0.15, -0.1) is 0 Å². The fraction of sp³-hybridized carbons (Fsp3) is 1.00. The van der Waals surface area contributed by atoms with Crippen molar-refractivity contribution in [1.29, 1.82) is 0 Å². The summed E-state index contributed by atoms with van der Waals surface area (Å²) in [6.07, 6.45) is 17.3. The van der Waals surface area contributed by atoms with E-state index in [2.05, 4.69) is 5.48 Å². The lowest BCUT2D eigenvalue weighted by Gasteiger charge is -2.37. The van der Waals surface area contributed by atoms with Crippen molar-refractivity contribution < 1.29 is 4.84 Å². The second-order valence-electron chi connectivity index (χ2n) is 6.62. The van der Waals surface area contributed by atoms with Crippen LogP contribution < -0.4 is 5.48 Å². The minimum absolute atomic E-state index is 0.511. The normalized spacial score (nSPS) is 30.4. The Morgan fingerprint density at radius 1 is 0.765 bits per heavy atom. The largest absolute Gasteiger partial charge is 0.298 e. The van der Waals surface area contributed by atoms with Crippen LogP contribution in [0.4, 0.5) is 0 Å². The van der Waals surface area contributed by atoms with E-state index in [4.69, 9.17) is 4.84 Å². The molecule has 3 rings (SSSR count). The minimum atomic E-state index is 0.511.